The van der Waals surface area contributed by atoms with E-state index in [1.165, 1.54) is 0 Å². The maximum atomic E-state index is 12.5. The van der Waals surface area contributed by atoms with E-state index in [1.54, 1.807) is 60.7 Å². The minimum Gasteiger partial charge on any atom is -0.290 e. The zero-order valence-electron chi connectivity index (χ0n) is 11.3. The van der Waals surface area contributed by atoms with Gasteiger partial charge in [-0.15, -0.1) is 0 Å². The maximum Gasteiger partial charge on any atom is 0.241 e. The van der Waals surface area contributed by atoms with E-state index in [9.17, 15) is 14.9 Å². The Hall–Kier alpha value is -2.17. The van der Waals surface area contributed by atoms with Gasteiger partial charge in [0, 0.05) is 5.56 Å². The van der Waals surface area contributed by atoms with Gasteiger partial charge in [-0.3, -0.25) is 14.9 Å². The van der Waals surface area contributed by atoms with Gasteiger partial charge in [-0.25, -0.2) is 0 Å². The Bertz CT molecular complexity index is 713. The maximum absolute atomic E-state index is 12.5. The molecule has 0 radical (unpaired) electrons. The topological polar surface area (TPSA) is 60.2 Å². The minimum absolute atomic E-state index is 0.0738. The summed E-state index contributed by atoms with van der Waals surface area (Å²) < 4.78 is -2.06. The van der Waals surface area contributed by atoms with Crippen molar-refractivity contribution in [3.63, 3.8) is 0 Å². The van der Waals surface area contributed by atoms with Crippen molar-refractivity contribution in [2.24, 2.45) is 0 Å². The van der Waals surface area contributed by atoms with Gasteiger partial charge in [0.05, 0.1) is 10.5 Å². The van der Waals surface area contributed by atoms with Gasteiger partial charge in [-0.2, -0.15) is 0 Å². The van der Waals surface area contributed by atoms with Crippen LogP contribution >= 0.6 is 23.2 Å². The fraction of sp³-hybridized carbons (Fsp3) is 0.0625. The fourth-order valence-electron chi connectivity index (χ4n) is 1.95. The molecule has 0 spiro atoms. The zero-order valence-corrected chi connectivity index (χ0v) is 12.8. The van der Waals surface area contributed by atoms with E-state index in [0.29, 0.717) is 11.8 Å². The third-order valence-electron chi connectivity index (χ3n) is 2.98. The number of nitro groups is 1. The number of rotatable bonds is 5. The molecule has 0 unspecified atom stereocenters. The van der Waals surface area contributed by atoms with Crippen molar-refractivity contribution in [2.75, 3.05) is 0 Å². The number of nitrogens with zero attached hydrogens (tertiary/aromatic N) is 1. The number of halogens is 2. The average molecular weight is 336 g/mol. The van der Waals surface area contributed by atoms with Crippen molar-refractivity contribution < 1.29 is 9.72 Å². The van der Waals surface area contributed by atoms with Gasteiger partial charge in [-0.1, -0.05) is 83.9 Å². The molecule has 2 aromatic rings. The summed E-state index contributed by atoms with van der Waals surface area (Å²) in [5, 5.41) is 10.9. The lowest BCUT2D eigenvalue weighted by Gasteiger charge is -2.20. The normalized spacial score (nSPS) is 12.0. The highest BCUT2D eigenvalue weighted by molar-refractivity contribution is 6.65. The smallest absolute Gasteiger partial charge is 0.241 e. The zero-order chi connectivity index (χ0) is 16.2. The average Bonchev–Trinajstić information content (AvgIpc) is 2.53. The summed E-state index contributed by atoms with van der Waals surface area (Å²) in [7, 11) is 0. The van der Waals surface area contributed by atoms with E-state index in [1.807, 2.05) is 0 Å². The van der Waals surface area contributed by atoms with Crippen LogP contribution in [-0.2, 0) is 0 Å². The standard InChI is InChI=1S/C16H11Cl2NO3/c17-16(18,15(20)13-9-5-2-6-10-13)14(11-19(21)22)12-7-3-1-4-8-12/h1-11H. The molecule has 2 rings (SSSR count). The number of benzene rings is 2. The van der Waals surface area contributed by atoms with Crippen LogP contribution in [0.3, 0.4) is 0 Å². The molecule has 0 N–H and O–H groups in total. The van der Waals surface area contributed by atoms with Gasteiger partial charge < -0.3 is 0 Å². The van der Waals surface area contributed by atoms with Crippen molar-refractivity contribution in [3.8, 4) is 0 Å². The summed E-state index contributed by atoms with van der Waals surface area (Å²) in [5.41, 5.74) is 0.612. The van der Waals surface area contributed by atoms with E-state index in [2.05, 4.69) is 0 Å². The molecule has 2 aromatic carbocycles. The van der Waals surface area contributed by atoms with Crippen molar-refractivity contribution in [1.82, 2.24) is 0 Å². The summed E-state index contributed by atoms with van der Waals surface area (Å²) in [4.78, 5) is 22.7. The van der Waals surface area contributed by atoms with Gasteiger partial charge in [0.1, 0.15) is 0 Å². The minimum atomic E-state index is -2.06. The Balaban J connectivity index is 2.51. The van der Waals surface area contributed by atoms with Crippen LogP contribution in [0.1, 0.15) is 15.9 Å². The molecule has 0 aliphatic carbocycles. The lowest BCUT2D eigenvalue weighted by molar-refractivity contribution is -0.401. The summed E-state index contributed by atoms with van der Waals surface area (Å²) in [6.45, 7) is 0. The van der Waals surface area contributed by atoms with Crippen LogP contribution in [0.5, 0.6) is 0 Å². The molecule has 0 fully saturated rings. The molecular formula is C16H11Cl2NO3. The first kappa shape index (κ1) is 16.2. The van der Waals surface area contributed by atoms with Crippen LogP contribution in [0.2, 0.25) is 0 Å². The quantitative estimate of drug-likeness (QED) is 0.353. The second kappa shape index (κ2) is 6.73. The van der Waals surface area contributed by atoms with Crippen molar-refractivity contribution in [1.29, 1.82) is 0 Å². The summed E-state index contributed by atoms with van der Waals surface area (Å²) >= 11 is 12.4. The molecule has 0 heterocycles. The van der Waals surface area contributed by atoms with E-state index < -0.39 is 15.0 Å². The second-order valence-electron chi connectivity index (χ2n) is 4.46. The van der Waals surface area contributed by atoms with Crippen LogP contribution in [0.4, 0.5) is 0 Å². The molecule has 22 heavy (non-hydrogen) atoms. The van der Waals surface area contributed by atoms with Gasteiger partial charge >= 0.3 is 0 Å². The monoisotopic (exact) mass is 335 g/mol. The number of Topliss-reactive ketones (excluding diaryl/α,β-unsaturated/α-hetero) is 1. The van der Waals surface area contributed by atoms with Gasteiger partial charge in [0.2, 0.25) is 16.3 Å². The highest BCUT2D eigenvalue weighted by Gasteiger charge is 2.41. The Morgan fingerprint density at radius 2 is 1.41 bits per heavy atom. The fourth-order valence-corrected chi connectivity index (χ4v) is 2.49. The highest BCUT2D eigenvalue weighted by atomic mass is 35.5. The molecule has 0 bridgehead atoms. The molecule has 0 saturated heterocycles. The predicted octanol–water partition coefficient (Wildman–Crippen LogP) is 4.36. The first-order chi connectivity index (χ1) is 10.4. The molecule has 0 aliphatic heterocycles. The summed E-state index contributed by atoms with van der Waals surface area (Å²) in [5.74, 6) is -0.617. The summed E-state index contributed by atoms with van der Waals surface area (Å²) in [6, 6.07) is 16.5. The molecular weight excluding hydrogens is 325 g/mol. The van der Waals surface area contributed by atoms with Crippen LogP contribution in [-0.4, -0.2) is 15.0 Å². The molecule has 0 saturated carbocycles. The molecule has 4 nitrogen and oxygen atoms in total. The molecule has 6 heteroatoms. The van der Waals surface area contributed by atoms with Crippen LogP contribution in [0, 0.1) is 10.1 Å². The molecule has 0 aromatic heterocycles. The van der Waals surface area contributed by atoms with E-state index in [-0.39, 0.29) is 11.1 Å². The van der Waals surface area contributed by atoms with E-state index in [4.69, 9.17) is 23.2 Å². The van der Waals surface area contributed by atoms with Crippen molar-refractivity contribution >= 4 is 34.6 Å². The molecule has 0 aliphatic rings. The number of carbonyl (C=O) groups excluding carboxylic acids is 1. The van der Waals surface area contributed by atoms with Gasteiger partial charge in [0.15, 0.2) is 0 Å². The highest BCUT2D eigenvalue weighted by Crippen LogP contribution is 2.39. The largest absolute Gasteiger partial charge is 0.290 e. The number of ketones is 1. The number of hydrogen-bond donors (Lipinski definition) is 0. The Labute approximate surface area is 137 Å². The van der Waals surface area contributed by atoms with Gasteiger partial charge in [0.25, 0.3) is 0 Å². The Kier molecular flexibility index (Phi) is 4.96. The lowest BCUT2D eigenvalue weighted by atomic mass is 9.97. The third-order valence-corrected chi connectivity index (χ3v) is 3.73. The second-order valence-corrected chi connectivity index (χ2v) is 5.79. The molecule has 112 valence electrons. The number of hydrogen-bond acceptors (Lipinski definition) is 3. The van der Waals surface area contributed by atoms with E-state index in [0.717, 1.165) is 0 Å². The van der Waals surface area contributed by atoms with Crippen molar-refractivity contribution in [2.45, 2.75) is 4.33 Å². The number of carbonyl (C=O) groups is 1. The predicted molar refractivity (Wildman–Crippen MR) is 86.6 cm³/mol. The molecule has 0 amide bonds. The molecule has 0 atom stereocenters. The first-order valence-electron chi connectivity index (χ1n) is 6.32. The number of allylic oxidation sites excluding steroid dienone is 1. The summed E-state index contributed by atoms with van der Waals surface area (Å²) in [6.07, 6.45) is 0.663. The van der Waals surface area contributed by atoms with Crippen LogP contribution < -0.4 is 0 Å². The lowest BCUT2D eigenvalue weighted by Crippen LogP contribution is -2.28. The number of alkyl halides is 2. The first-order valence-corrected chi connectivity index (χ1v) is 7.07. The van der Waals surface area contributed by atoms with Gasteiger partial charge in [-0.05, 0) is 5.56 Å². The van der Waals surface area contributed by atoms with Crippen molar-refractivity contribution in [3.05, 3.63) is 88.1 Å². The van der Waals surface area contributed by atoms with Crippen LogP contribution in [0.25, 0.3) is 5.57 Å². The Morgan fingerprint density at radius 1 is 0.955 bits per heavy atom. The van der Waals surface area contributed by atoms with E-state index >= 15 is 0 Å². The Morgan fingerprint density at radius 3 is 1.86 bits per heavy atom. The van der Waals surface area contributed by atoms with Crippen LogP contribution in [0.15, 0.2) is 66.9 Å². The SMILES string of the molecule is O=C(c1ccccc1)C(Cl)(Cl)C(=C[N+](=O)[O-])c1ccccc1. The third kappa shape index (κ3) is 3.53.